The van der Waals surface area contributed by atoms with Gasteiger partial charge in [0, 0.05) is 12.2 Å². The predicted molar refractivity (Wildman–Crippen MR) is 69.6 cm³/mol. The SMILES string of the molecule is Cc1ccccc1NC(=O)NCC(C)(C)C(=O)O. The Morgan fingerprint density at radius 3 is 2.44 bits per heavy atom. The molecule has 0 atom stereocenters. The number of carbonyl (C=O) groups excluding carboxylic acids is 1. The minimum Gasteiger partial charge on any atom is -0.481 e. The Morgan fingerprint density at radius 1 is 1.28 bits per heavy atom. The minimum absolute atomic E-state index is 0.0695. The van der Waals surface area contributed by atoms with E-state index in [1.807, 2.05) is 25.1 Å². The zero-order chi connectivity index (χ0) is 13.8. The van der Waals surface area contributed by atoms with Crippen molar-refractivity contribution in [2.75, 3.05) is 11.9 Å². The van der Waals surface area contributed by atoms with Crippen molar-refractivity contribution < 1.29 is 14.7 Å². The number of carbonyl (C=O) groups is 2. The van der Waals surface area contributed by atoms with Gasteiger partial charge in [-0.3, -0.25) is 4.79 Å². The first-order valence-electron chi connectivity index (χ1n) is 5.67. The summed E-state index contributed by atoms with van der Waals surface area (Å²) in [7, 11) is 0. The standard InChI is InChI=1S/C13H18N2O3/c1-9-6-4-5-7-10(9)15-12(18)14-8-13(2,3)11(16)17/h4-7H,8H2,1-3H3,(H,16,17)(H2,14,15,18). The molecule has 5 nitrogen and oxygen atoms in total. The van der Waals surface area contributed by atoms with Crippen molar-refractivity contribution >= 4 is 17.7 Å². The van der Waals surface area contributed by atoms with Crippen LogP contribution in [-0.4, -0.2) is 23.7 Å². The fraction of sp³-hybridized carbons (Fsp3) is 0.385. The number of hydrogen-bond donors (Lipinski definition) is 3. The summed E-state index contributed by atoms with van der Waals surface area (Å²) in [5.74, 6) is -0.946. The molecule has 5 heteroatoms. The van der Waals surface area contributed by atoms with Gasteiger partial charge >= 0.3 is 12.0 Å². The Morgan fingerprint density at radius 2 is 1.89 bits per heavy atom. The van der Waals surface area contributed by atoms with E-state index in [0.29, 0.717) is 5.69 Å². The number of nitrogens with one attached hydrogen (secondary N) is 2. The summed E-state index contributed by atoms with van der Waals surface area (Å²) < 4.78 is 0. The van der Waals surface area contributed by atoms with Gasteiger partial charge in [0.15, 0.2) is 0 Å². The molecular formula is C13H18N2O3. The molecule has 0 saturated heterocycles. The lowest BCUT2D eigenvalue weighted by molar-refractivity contribution is -0.146. The van der Waals surface area contributed by atoms with Gasteiger partial charge in [-0.2, -0.15) is 0 Å². The van der Waals surface area contributed by atoms with Gasteiger partial charge in [-0.15, -0.1) is 0 Å². The molecule has 0 fully saturated rings. The fourth-order valence-corrected chi connectivity index (χ4v) is 1.26. The molecule has 0 spiro atoms. The summed E-state index contributed by atoms with van der Waals surface area (Å²) in [5, 5.41) is 14.1. The Balaban J connectivity index is 2.54. The van der Waals surface area contributed by atoms with Crippen LogP contribution in [0, 0.1) is 12.3 Å². The van der Waals surface area contributed by atoms with Crippen molar-refractivity contribution in [3.05, 3.63) is 29.8 Å². The third kappa shape index (κ3) is 3.76. The van der Waals surface area contributed by atoms with Crippen LogP contribution in [0.15, 0.2) is 24.3 Å². The number of urea groups is 1. The van der Waals surface area contributed by atoms with E-state index in [9.17, 15) is 9.59 Å². The van der Waals surface area contributed by atoms with Crippen LogP contribution >= 0.6 is 0 Å². The molecule has 18 heavy (non-hydrogen) atoms. The first kappa shape index (κ1) is 14.0. The van der Waals surface area contributed by atoms with Crippen LogP contribution in [0.5, 0.6) is 0 Å². The lowest BCUT2D eigenvalue weighted by atomic mass is 9.94. The second-order valence-electron chi connectivity index (χ2n) is 4.81. The molecule has 0 aromatic heterocycles. The van der Waals surface area contributed by atoms with Crippen molar-refractivity contribution in [3.63, 3.8) is 0 Å². The van der Waals surface area contributed by atoms with Crippen molar-refractivity contribution in [2.45, 2.75) is 20.8 Å². The highest BCUT2D eigenvalue weighted by molar-refractivity contribution is 5.90. The number of para-hydroxylation sites is 1. The molecule has 1 rings (SSSR count). The smallest absolute Gasteiger partial charge is 0.319 e. The average Bonchev–Trinajstić information content (AvgIpc) is 2.29. The summed E-state index contributed by atoms with van der Waals surface area (Å²) in [6.45, 7) is 5.07. The highest BCUT2D eigenvalue weighted by Crippen LogP contribution is 2.14. The molecule has 2 amide bonds. The van der Waals surface area contributed by atoms with Crippen LogP contribution < -0.4 is 10.6 Å². The van der Waals surface area contributed by atoms with Gasteiger partial charge in [0.2, 0.25) is 0 Å². The predicted octanol–water partition coefficient (Wildman–Crippen LogP) is 2.23. The largest absolute Gasteiger partial charge is 0.481 e. The Labute approximate surface area is 106 Å². The van der Waals surface area contributed by atoms with Crippen LogP contribution in [-0.2, 0) is 4.79 Å². The first-order chi connectivity index (χ1) is 8.33. The number of benzene rings is 1. The van der Waals surface area contributed by atoms with E-state index in [1.165, 1.54) is 0 Å². The van der Waals surface area contributed by atoms with Crippen molar-refractivity contribution in [2.24, 2.45) is 5.41 Å². The number of amides is 2. The zero-order valence-corrected chi connectivity index (χ0v) is 10.8. The maximum atomic E-state index is 11.6. The summed E-state index contributed by atoms with van der Waals surface area (Å²) in [6.07, 6.45) is 0. The molecule has 0 unspecified atom stereocenters. The van der Waals surface area contributed by atoms with Gasteiger partial charge in [-0.05, 0) is 32.4 Å². The number of hydrogen-bond acceptors (Lipinski definition) is 2. The number of aliphatic carboxylic acids is 1. The molecular weight excluding hydrogens is 232 g/mol. The lowest BCUT2D eigenvalue weighted by Crippen LogP contribution is -2.40. The Hall–Kier alpha value is -2.04. The molecule has 0 radical (unpaired) electrons. The number of anilines is 1. The van der Waals surface area contributed by atoms with Crippen LogP contribution in [0.4, 0.5) is 10.5 Å². The maximum Gasteiger partial charge on any atom is 0.319 e. The molecule has 98 valence electrons. The van der Waals surface area contributed by atoms with E-state index >= 15 is 0 Å². The van der Waals surface area contributed by atoms with Gasteiger partial charge in [-0.25, -0.2) is 4.79 Å². The number of rotatable bonds is 4. The van der Waals surface area contributed by atoms with E-state index in [-0.39, 0.29) is 6.54 Å². The van der Waals surface area contributed by atoms with Crippen molar-refractivity contribution in [3.8, 4) is 0 Å². The molecule has 0 aliphatic heterocycles. The monoisotopic (exact) mass is 250 g/mol. The normalized spacial score (nSPS) is 10.8. The average molecular weight is 250 g/mol. The van der Waals surface area contributed by atoms with E-state index in [1.54, 1.807) is 19.9 Å². The van der Waals surface area contributed by atoms with Gasteiger partial charge in [0.25, 0.3) is 0 Å². The third-order valence-electron chi connectivity index (χ3n) is 2.66. The lowest BCUT2D eigenvalue weighted by Gasteiger charge is -2.19. The maximum absolute atomic E-state index is 11.6. The molecule has 0 aliphatic rings. The zero-order valence-electron chi connectivity index (χ0n) is 10.8. The fourth-order valence-electron chi connectivity index (χ4n) is 1.26. The molecule has 3 N–H and O–H groups in total. The second kappa shape index (κ2) is 5.53. The van der Waals surface area contributed by atoms with E-state index in [4.69, 9.17) is 5.11 Å². The van der Waals surface area contributed by atoms with Gasteiger partial charge in [-0.1, -0.05) is 18.2 Å². The number of carboxylic acids is 1. The molecule has 0 aliphatic carbocycles. The molecule has 1 aromatic carbocycles. The summed E-state index contributed by atoms with van der Waals surface area (Å²) in [6, 6.07) is 6.97. The quantitative estimate of drug-likeness (QED) is 0.766. The Kier molecular flexibility index (Phi) is 4.31. The van der Waals surface area contributed by atoms with Crippen LogP contribution in [0.2, 0.25) is 0 Å². The van der Waals surface area contributed by atoms with E-state index in [0.717, 1.165) is 5.56 Å². The minimum atomic E-state index is -0.983. The highest BCUT2D eigenvalue weighted by atomic mass is 16.4. The van der Waals surface area contributed by atoms with Crippen molar-refractivity contribution in [1.29, 1.82) is 0 Å². The van der Waals surface area contributed by atoms with Gasteiger partial charge in [0.05, 0.1) is 5.41 Å². The van der Waals surface area contributed by atoms with Crippen LogP contribution in [0.25, 0.3) is 0 Å². The Bertz CT molecular complexity index is 455. The van der Waals surface area contributed by atoms with Crippen molar-refractivity contribution in [1.82, 2.24) is 5.32 Å². The number of aryl methyl sites for hydroxylation is 1. The van der Waals surface area contributed by atoms with Crippen LogP contribution in [0.3, 0.4) is 0 Å². The highest BCUT2D eigenvalue weighted by Gasteiger charge is 2.27. The molecule has 0 saturated carbocycles. The molecule has 1 aromatic rings. The summed E-state index contributed by atoms with van der Waals surface area (Å²) in [5.41, 5.74) is 0.677. The molecule has 0 heterocycles. The van der Waals surface area contributed by atoms with Gasteiger partial charge < -0.3 is 15.7 Å². The first-order valence-corrected chi connectivity index (χ1v) is 5.67. The molecule has 0 bridgehead atoms. The topological polar surface area (TPSA) is 78.4 Å². The number of carboxylic acid groups (broad SMARTS) is 1. The summed E-state index contributed by atoms with van der Waals surface area (Å²) >= 11 is 0. The van der Waals surface area contributed by atoms with Crippen LogP contribution in [0.1, 0.15) is 19.4 Å². The summed E-state index contributed by atoms with van der Waals surface area (Å²) in [4.78, 5) is 22.5. The van der Waals surface area contributed by atoms with Gasteiger partial charge in [0.1, 0.15) is 0 Å². The third-order valence-corrected chi connectivity index (χ3v) is 2.66. The van der Waals surface area contributed by atoms with E-state index in [2.05, 4.69) is 10.6 Å². The van der Waals surface area contributed by atoms with E-state index < -0.39 is 17.4 Å². The second-order valence-corrected chi connectivity index (χ2v) is 4.81.